The van der Waals surface area contributed by atoms with Crippen molar-refractivity contribution in [2.24, 2.45) is 0 Å². The first-order valence-corrected chi connectivity index (χ1v) is 11.4. The number of rotatable bonds is 5. The molecule has 1 aromatic rings. The second kappa shape index (κ2) is 9.05. The van der Waals surface area contributed by atoms with Crippen LogP contribution in [0.3, 0.4) is 0 Å². The van der Waals surface area contributed by atoms with Crippen LogP contribution in [0.25, 0.3) is 0 Å². The summed E-state index contributed by atoms with van der Waals surface area (Å²) in [5, 5.41) is 11.6. The highest BCUT2D eigenvalue weighted by Crippen LogP contribution is 2.42. The highest BCUT2D eigenvalue weighted by atomic mass is 19.4. The SMILES string of the molecule is OC1(C(CN2CCN3CCCCC3C2)c2cccc(OC(F)(F)F)c2)CCCCC1. The molecule has 2 saturated heterocycles. The molecule has 3 aliphatic rings. The smallest absolute Gasteiger partial charge is 0.406 e. The molecule has 30 heavy (non-hydrogen) atoms. The molecule has 4 rings (SSSR count). The zero-order chi connectivity index (χ0) is 21.2. The van der Waals surface area contributed by atoms with Gasteiger partial charge >= 0.3 is 6.36 Å². The van der Waals surface area contributed by atoms with Crippen molar-refractivity contribution in [3.05, 3.63) is 29.8 Å². The molecule has 2 aliphatic heterocycles. The van der Waals surface area contributed by atoms with Crippen molar-refractivity contribution in [1.82, 2.24) is 9.80 Å². The third-order valence-corrected chi connectivity index (χ3v) is 7.22. The topological polar surface area (TPSA) is 35.9 Å². The van der Waals surface area contributed by atoms with Gasteiger partial charge in [0.2, 0.25) is 0 Å². The van der Waals surface area contributed by atoms with E-state index in [1.807, 2.05) is 6.07 Å². The summed E-state index contributed by atoms with van der Waals surface area (Å²) in [7, 11) is 0. The minimum atomic E-state index is -4.72. The van der Waals surface area contributed by atoms with E-state index in [1.54, 1.807) is 6.07 Å². The lowest BCUT2D eigenvalue weighted by molar-refractivity contribution is -0.274. The van der Waals surface area contributed by atoms with E-state index in [9.17, 15) is 18.3 Å². The van der Waals surface area contributed by atoms with Crippen LogP contribution in [0.2, 0.25) is 0 Å². The summed E-state index contributed by atoms with van der Waals surface area (Å²) in [5.74, 6) is -0.425. The molecule has 1 N–H and O–H groups in total. The molecule has 3 fully saturated rings. The van der Waals surface area contributed by atoms with Crippen LogP contribution >= 0.6 is 0 Å². The molecule has 0 radical (unpaired) electrons. The van der Waals surface area contributed by atoms with Crippen molar-refractivity contribution in [2.45, 2.75) is 75.3 Å². The van der Waals surface area contributed by atoms with Crippen molar-refractivity contribution in [3.63, 3.8) is 0 Å². The van der Waals surface area contributed by atoms with Crippen LogP contribution in [0.5, 0.6) is 5.75 Å². The lowest BCUT2D eigenvalue weighted by Crippen LogP contribution is -2.56. The zero-order valence-electron chi connectivity index (χ0n) is 17.5. The molecule has 168 valence electrons. The number of piperazine rings is 1. The van der Waals surface area contributed by atoms with Crippen LogP contribution < -0.4 is 4.74 Å². The molecule has 1 saturated carbocycles. The van der Waals surface area contributed by atoms with Crippen LogP contribution in [0.15, 0.2) is 24.3 Å². The van der Waals surface area contributed by atoms with Crippen LogP contribution in [-0.4, -0.2) is 65.6 Å². The van der Waals surface area contributed by atoms with Crippen molar-refractivity contribution in [3.8, 4) is 5.75 Å². The molecule has 0 amide bonds. The van der Waals surface area contributed by atoms with Gasteiger partial charge in [0.25, 0.3) is 0 Å². The van der Waals surface area contributed by atoms with E-state index in [4.69, 9.17) is 0 Å². The second-order valence-electron chi connectivity index (χ2n) is 9.28. The molecule has 4 nitrogen and oxygen atoms in total. The Kier molecular flexibility index (Phi) is 6.61. The van der Waals surface area contributed by atoms with Gasteiger partial charge in [-0.1, -0.05) is 37.8 Å². The highest BCUT2D eigenvalue weighted by molar-refractivity contribution is 5.33. The Bertz CT molecular complexity index is 706. The average Bonchev–Trinajstić information content (AvgIpc) is 2.71. The number of aliphatic hydroxyl groups is 1. The second-order valence-corrected chi connectivity index (χ2v) is 9.28. The van der Waals surface area contributed by atoms with E-state index in [2.05, 4.69) is 14.5 Å². The Hall–Kier alpha value is -1.31. The molecular formula is C23H33F3N2O2. The summed E-state index contributed by atoms with van der Waals surface area (Å²) < 4.78 is 42.4. The number of benzene rings is 1. The zero-order valence-corrected chi connectivity index (χ0v) is 17.5. The molecule has 2 unspecified atom stereocenters. The Morgan fingerprint density at radius 3 is 2.63 bits per heavy atom. The van der Waals surface area contributed by atoms with Gasteiger partial charge in [0.05, 0.1) is 5.60 Å². The molecule has 0 bridgehead atoms. The fourth-order valence-corrected chi connectivity index (χ4v) is 5.67. The minimum absolute atomic E-state index is 0.207. The van der Waals surface area contributed by atoms with Gasteiger partial charge in [-0.2, -0.15) is 0 Å². The molecular weight excluding hydrogens is 393 g/mol. The summed E-state index contributed by atoms with van der Waals surface area (Å²) in [6, 6.07) is 6.82. The highest BCUT2D eigenvalue weighted by Gasteiger charge is 2.41. The molecule has 2 heterocycles. The summed E-state index contributed by atoms with van der Waals surface area (Å²) in [6.07, 6.45) is 3.45. The number of alkyl halides is 3. The van der Waals surface area contributed by atoms with Gasteiger partial charge in [0.1, 0.15) is 5.75 Å². The lowest BCUT2D eigenvalue weighted by atomic mass is 9.72. The van der Waals surface area contributed by atoms with Crippen LogP contribution in [0.1, 0.15) is 62.8 Å². The first kappa shape index (κ1) is 21.9. The number of fused-ring (bicyclic) bond motifs is 1. The number of ether oxygens (including phenoxy) is 1. The maximum absolute atomic E-state index is 12.8. The fourth-order valence-electron chi connectivity index (χ4n) is 5.67. The van der Waals surface area contributed by atoms with Gasteiger partial charge < -0.3 is 9.84 Å². The van der Waals surface area contributed by atoms with E-state index in [-0.39, 0.29) is 11.7 Å². The number of nitrogens with zero attached hydrogens (tertiary/aromatic N) is 2. The maximum atomic E-state index is 12.8. The van der Waals surface area contributed by atoms with Crippen molar-refractivity contribution in [2.75, 3.05) is 32.7 Å². The number of hydrogen-bond donors (Lipinski definition) is 1. The van der Waals surface area contributed by atoms with Crippen LogP contribution in [0.4, 0.5) is 13.2 Å². The van der Waals surface area contributed by atoms with E-state index in [1.165, 1.54) is 37.9 Å². The minimum Gasteiger partial charge on any atom is -0.406 e. The summed E-state index contributed by atoms with van der Waals surface area (Å²) in [6.45, 7) is 4.80. The predicted molar refractivity (Wildman–Crippen MR) is 110 cm³/mol. The normalized spacial score (nSPS) is 26.7. The van der Waals surface area contributed by atoms with Gasteiger partial charge in [-0.15, -0.1) is 13.2 Å². The van der Waals surface area contributed by atoms with E-state index < -0.39 is 12.0 Å². The molecule has 0 spiro atoms. The Balaban J connectivity index is 1.55. The number of piperidine rings is 1. The number of halogens is 3. The third kappa shape index (κ3) is 5.29. The van der Waals surface area contributed by atoms with E-state index in [0.717, 1.165) is 44.5 Å². The summed E-state index contributed by atoms with van der Waals surface area (Å²) in [5.41, 5.74) is -0.133. The largest absolute Gasteiger partial charge is 0.573 e. The van der Waals surface area contributed by atoms with Gasteiger partial charge in [0.15, 0.2) is 0 Å². The van der Waals surface area contributed by atoms with Crippen molar-refractivity contribution >= 4 is 0 Å². The fraction of sp³-hybridized carbons (Fsp3) is 0.739. The molecule has 2 atom stereocenters. The monoisotopic (exact) mass is 426 g/mol. The van der Waals surface area contributed by atoms with Crippen molar-refractivity contribution < 1.29 is 23.0 Å². The number of hydrogen-bond acceptors (Lipinski definition) is 4. The quantitative estimate of drug-likeness (QED) is 0.750. The average molecular weight is 427 g/mol. The van der Waals surface area contributed by atoms with Gasteiger partial charge in [0, 0.05) is 38.1 Å². The molecule has 1 aromatic carbocycles. The van der Waals surface area contributed by atoms with Gasteiger partial charge in [-0.3, -0.25) is 9.80 Å². The first-order valence-electron chi connectivity index (χ1n) is 11.4. The Labute approximate surface area is 177 Å². The van der Waals surface area contributed by atoms with Crippen LogP contribution in [0, 0.1) is 0 Å². The molecule has 0 aromatic heterocycles. The Morgan fingerprint density at radius 2 is 1.87 bits per heavy atom. The molecule has 1 aliphatic carbocycles. The van der Waals surface area contributed by atoms with Gasteiger partial charge in [-0.05, 0) is 49.9 Å². The Morgan fingerprint density at radius 1 is 1.07 bits per heavy atom. The predicted octanol–water partition coefficient (Wildman–Crippen LogP) is 4.53. The van der Waals surface area contributed by atoms with Crippen LogP contribution in [-0.2, 0) is 0 Å². The summed E-state index contributed by atoms with van der Waals surface area (Å²) in [4.78, 5) is 4.99. The van der Waals surface area contributed by atoms with E-state index >= 15 is 0 Å². The van der Waals surface area contributed by atoms with Gasteiger partial charge in [-0.25, -0.2) is 0 Å². The maximum Gasteiger partial charge on any atom is 0.573 e. The summed E-state index contributed by atoms with van der Waals surface area (Å²) >= 11 is 0. The first-order chi connectivity index (χ1) is 14.3. The standard InChI is InChI=1S/C23H33F3N2O2/c24-23(25,26)30-20-9-6-7-18(15-20)21(22(29)10-3-1-4-11-22)17-27-13-14-28-12-5-2-8-19(28)16-27/h6-7,9,15,19,21,29H,1-5,8,10-14,16-17H2. The lowest BCUT2D eigenvalue weighted by Gasteiger charge is -2.47. The van der Waals surface area contributed by atoms with E-state index in [0.29, 0.717) is 25.4 Å². The third-order valence-electron chi connectivity index (χ3n) is 7.22. The van der Waals surface area contributed by atoms with Crippen molar-refractivity contribution in [1.29, 1.82) is 0 Å². The molecule has 7 heteroatoms.